The van der Waals surface area contributed by atoms with Crippen molar-refractivity contribution < 1.29 is 19.1 Å². The lowest BCUT2D eigenvalue weighted by Gasteiger charge is -2.34. The third-order valence-corrected chi connectivity index (χ3v) is 3.97. The number of hydrogen-bond acceptors (Lipinski definition) is 4. The lowest BCUT2D eigenvalue weighted by molar-refractivity contribution is -0.152. The Bertz CT molecular complexity index is 562. The van der Waals surface area contributed by atoms with Crippen LogP contribution < -0.4 is 0 Å². The maximum atomic E-state index is 12.5. The number of ether oxygens (including phenoxy) is 2. The zero-order valence-electron chi connectivity index (χ0n) is 13.2. The van der Waals surface area contributed by atoms with Crippen molar-refractivity contribution in [1.82, 2.24) is 0 Å². The molecule has 0 aromatic heterocycles. The van der Waals surface area contributed by atoms with Crippen LogP contribution in [0.5, 0.6) is 0 Å². The highest BCUT2D eigenvalue weighted by Gasteiger charge is 2.44. The molecule has 0 amide bonds. The van der Waals surface area contributed by atoms with E-state index in [4.69, 9.17) is 9.47 Å². The van der Waals surface area contributed by atoms with Gasteiger partial charge in [-0.1, -0.05) is 37.3 Å². The van der Waals surface area contributed by atoms with Crippen LogP contribution in [0.15, 0.2) is 42.2 Å². The summed E-state index contributed by atoms with van der Waals surface area (Å²) in [6, 6.07) is 9.61. The Morgan fingerprint density at radius 2 is 1.82 bits per heavy atom. The first-order valence-corrected chi connectivity index (χ1v) is 7.69. The maximum Gasteiger partial charge on any atom is 0.317 e. The summed E-state index contributed by atoms with van der Waals surface area (Å²) >= 11 is 0. The molecule has 4 nitrogen and oxygen atoms in total. The molecular formula is C18H22O4. The van der Waals surface area contributed by atoms with Gasteiger partial charge < -0.3 is 9.47 Å². The number of ketones is 1. The summed E-state index contributed by atoms with van der Waals surface area (Å²) in [6.07, 6.45) is 1.45. The Hall–Kier alpha value is -2.10. The van der Waals surface area contributed by atoms with E-state index < -0.39 is 11.9 Å². The molecule has 0 N–H and O–H groups in total. The van der Waals surface area contributed by atoms with Crippen molar-refractivity contribution >= 4 is 11.8 Å². The van der Waals surface area contributed by atoms with Gasteiger partial charge in [0, 0.05) is 17.9 Å². The van der Waals surface area contributed by atoms with Gasteiger partial charge in [0.2, 0.25) is 0 Å². The Morgan fingerprint density at radius 1 is 1.14 bits per heavy atom. The first-order valence-electron chi connectivity index (χ1n) is 7.69. The summed E-state index contributed by atoms with van der Waals surface area (Å²) in [7, 11) is 0. The van der Waals surface area contributed by atoms with Crippen molar-refractivity contribution in [3.63, 3.8) is 0 Å². The molecule has 2 rings (SSSR count). The second-order valence-corrected chi connectivity index (χ2v) is 5.34. The molecule has 0 bridgehead atoms. The van der Waals surface area contributed by atoms with E-state index in [1.54, 1.807) is 6.92 Å². The van der Waals surface area contributed by atoms with Crippen LogP contribution in [0.4, 0.5) is 0 Å². The molecule has 1 aliphatic carbocycles. The number of carbonyl (C=O) groups excluding carboxylic acids is 2. The molecule has 0 heterocycles. The Kier molecular flexibility index (Phi) is 5.36. The van der Waals surface area contributed by atoms with Crippen molar-refractivity contribution in [3.8, 4) is 0 Å². The molecule has 0 fully saturated rings. The van der Waals surface area contributed by atoms with E-state index in [9.17, 15) is 9.59 Å². The van der Waals surface area contributed by atoms with Gasteiger partial charge in [0.25, 0.3) is 0 Å². The van der Waals surface area contributed by atoms with Crippen molar-refractivity contribution in [1.29, 1.82) is 0 Å². The number of hydrogen-bond donors (Lipinski definition) is 0. The zero-order chi connectivity index (χ0) is 16.1. The van der Waals surface area contributed by atoms with Gasteiger partial charge in [0.05, 0.1) is 13.2 Å². The normalized spacial score (nSPS) is 24.6. The van der Waals surface area contributed by atoms with E-state index in [2.05, 4.69) is 0 Å². The van der Waals surface area contributed by atoms with Crippen LogP contribution in [0, 0.1) is 11.8 Å². The molecule has 118 valence electrons. The molecule has 22 heavy (non-hydrogen) atoms. The van der Waals surface area contributed by atoms with Crippen LogP contribution in [-0.2, 0) is 19.1 Å². The molecular weight excluding hydrogens is 280 g/mol. The highest BCUT2D eigenvalue weighted by atomic mass is 16.5. The van der Waals surface area contributed by atoms with Gasteiger partial charge in [-0.25, -0.2) is 0 Å². The summed E-state index contributed by atoms with van der Waals surface area (Å²) < 4.78 is 10.7. The minimum Gasteiger partial charge on any atom is -0.498 e. The van der Waals surface area contributed by atoms with Gasteiger partial charge in [-0.15, -0.1) is 0 Å². The van der Waals surface area contributed by atoms with Crippen molar-refractivity contribution in [2.75, 3.05) is 13.2 Å². The van der Waals surface area contributed by atoms with E-state index in [-0.39, 0.29) is 24.2 Å². The maximum absolute atomic E-state index is 12.5. The molecule has 4 heteroatoms. The second-order valence-electron chi connectivity index (χ2n) is 5.34. The van der Waals surface area contributed by atoms with Crippen LogP contribution in [-0.4, -0.2) is 25.0 Å². The van der Waals surface area contributed by atoms with Crippen molar-refractivity contribution in [2.24, 2.45) is 11.8 Å². The third kappa shape index (κ3) is 3.21. The Labute approximate surface area is 131 Å². The van der Waals surface area contributed by atoms with Gasteiger partial charge in [-0.05, 0) is 19.4 Å². The lowest BCUT2D eigenvalue weighted by Crippen LogP contribution is -2.38. The molecule has 0 saturated carbocycles. The summed E-state index contributed by atoms with van der Waals surface area (Å²) in [5.74, 6) is -1.19. The predicted octanol–water partition coefficient (Wildman–Crippen LogP) is 3.09. The monoisotopic (exact) mass is 302 g/mol. The molecule has 0 spiro atoms. The Balaban J connectivity index is 2.44. The quantitative estimate of drug-likeness (QED) is 0.619. The average molecular weight is 302 g/mol. The molecule has 0 radical (unpaired) electrons. The summed E-state index contributed by atoms with van der Waals surface area (Å²) in [5, 5.41) is 0. The first kappa shape index (κ1) is 16.3. The fourth-order valence-corrected chi connectivity index (χ4v) is 3.00. The zero-order valence-corrected chi connectivity index (χ0v) is 13.2. The van der Waals surface area contributed by atoms with Crippen LogP contribution in [0.25, 0.3) is 0 Å². The van der Waals surface area contributed by atoms with E-state index >= 15 is 0 Å². The fourth-order valence-electron chi connectivity index (χ4n) is 3.00. The molecule has 3 atom stereocenters. The van der Waals surface area contributed by atoms with Gasteiger partial charge in [-0.3, -0.25) is 9.59 Å². The number of esters is 1. The smallest absolute Gasteiger partial charge is 0.317 e. The van der Waals surface area contributed by atoms with Crippen LogP contribution in [0.3, 0.4) is 0 Å². The van der Waals surface area contributed by atoms with Gasteiger partial charge >= 0.3 is 5.97 Å². The predicted molar refractivity (Wildman–Crippen MR) is 83.2 cm³/mol. The standard InChI is InChI=1S/C18H22O4/c1-4-21-15-11-14(19)17(18(20)22-5-2)16(12(15)3)13-9-7-6-8-10-13/h6-12,16-17H,4-5H2,1-3H3. The first-order chi connectivity index (χ1) is 10.6. The largest absolute Gasteiger partial charge is 0.498 e. The van der Waals surface area contributed by atoms with E-state index in [1.165, 1.54) is 6.08 Å². The van der Waals surface area contributed by atoms with E-state index in [0.29, 0.717) is 12.4 Å². The van der Waals surface area contributed by atoms with Gasteiger partial charge in [-0.2, -0.15) is 0 Å². The topological polar surface area (TPSA) is 52.6 Å². The summed E-state index contributed by atoms with van der Waals surface area (Å²) in [6.45, 7) is 6.37. The SMILES string of the molecule is CCOC(=O)C1C(=O)C=C(OCC)C(C)C1c1ccccc1. The average Bonchev–Trinajstić information content (AvgIpc) is 2.51. The number of allylic oxidation sites excluding steroid dienone is 2. The van der Waals surface area contributed by atoms with Crippen LogP contribution in [0.1, 0.15) is 32.3 Å². The Morgan fingerprint density at radius 3 is 2.41 bits per heavy atom. The van der Waals surface area contributed by atoms with E-state index in [1.807, 2.05) is 44.2 Å². The molecule has 3 unspecified atom stereocenters. The second kappa shape index (κ2) is 7.25. The summed E-state index contributed by atoms with van der Waals surface area (Å²) in [5.41, 5.74) is 0.951. The molecule has 0 aliphatic heterocycles. The third-order valence-electron chi connectivity index (χ3n) is 3.97. The van der Waals surface area contributed by atoms with Crippen LogP contribution >= 0.6 is 0 Å². The highest BCUT2D eigenvalue weighted by Crippen LogP contribution is 2.41. The number of benzene rings is 1. The molecule has 0 saturated heterocycles. The van der Waals surface area contributed by atoms with Gasteiger partial charge in [0.15, 0.2) is 5.78 Å². The highest BCUT2D eigenvalue weighted by molar-refractivity contribution is 6.07. The number of carbonyl (C=O) groups is 2. The van der Waals surface area contributed by atoms with Gasteiger partial charge in [0.1, 0.15) is 11.7 Å². The molecule has 1 aliphatic rings. The van der Waals surface area contributed by atoms with Crippen LogP contribution in [0.2, 0.25) is 0 Å². The minimum atomic E-state index is -0.804. The molecule has 1 aromatic rings. The minimum absolute atomic E-state index is 0.0607. The summed E-state index contributed by atoms with van der Waals surface area (Å²) in [4.78, 5) is 24.8. The van der Waals surface area contributed by atoms with Crippen molar-refractivity contribution in [2.45, 2.75) is 26.7 Å². The lowest BCUT2D eigenvalue weighted by atomic mass is 9.71. The number of rotatable bonds is 5. The van der Waals surface area contributed by atoms with E-state index in [0.717, 1.165) is 5.56 Å². The van der Waals surface area contributed by atoms with Crippen molar-refractivity contribution in [3.05, 3.63) is 47.7 Å². The fraction of sp³-hybridized carbons (Fsp3) is 0.444. The molecule has 1 aromatic carbocycles.